The highest BCUT2D eigenvalue weighted by Gasteiger charge is 2.14. The molecular weight excluding hydrogens is 280 g/mol. The minimum absolute atomic E-state index is 0.0864. The molecule has 0 saturated carbocycles. The summed E-state index contributed by atoms with van der Waals surface area (Å²) in [6.45, 7) is 1.66. The van der Waals surface area contributed by atoms with E-state index in [1.165, 1.54) is 0 Å². The van der Waals surface area contributed by atoms with Crippen LogP contribution in [0.15, 0.2) is 24.3 Å². The molecule has 0 bridgehead atoms. The summed E-state index contributed by atoms with van der Waals surface area (Å²) in [5.41, 5.74) is 1.07. The molecule has 1 amide bonds. The highest BCUT2D eigenvalue weighted by molar-refractivity contribution is 7.91. The summed E-state index contributed by atoms with van der Waals surface area (Å²) >= 11 is 5.63. The number of hydrogen-bond donors (Lipinski definition) is 2. The van der Waals surface area contributed by atoms with Crippen LogP contribution in [0.4, 0.5) is 10.5 Å². The average Bonchev–Trinajstić information content (AvgIpc) is 2.28. The van der Waals surface area contributed by atoms with Crippen molar-refractivity contribution in [3.63, 3.8) is 0 Å². The molecule has 100 valence electrons. The third-order valence-electron chi connectivity index (χ3n) is 1.83. The molecule has 1 aromatic carbocycles. The standard InChI is InChI=1S/C10H13ClN2O4S/c1-2-17-10(14)13-18(15,16)12-9-5-3-4-8(6-9)7-11/h3-6,12H,2,7H2,1H3,(H,13,14). The molecule has 1 aromatic rings. The van der Waals surface area contributed by atoms with E-state index in [9.17, 15) is 13.2 Å². The first kappa shape index (κ1) is 14.6. The molecule has 2 N–H and O–H groups in total. The number of ether oxygens (including phenoxy) is 1. The van der Waals surface area contributed by atoms with Gasteiger partial charge in [-0.05, 0) is 24.6 Å². The lowest BCUT2D eigenvalue weighted by atomic mass is 10.2. The number of hydrogen-bond acceptors (Lipinski definition) is 4. The monoisotopic (exact) mass is 292 g/mol. The van der Waals surface area contributed by atoms with Gasteiger partial charge in [-0.15, -0.1) is 11.6 Å². The van der Waals surface area contributed by atoms with Gasteiger partial charge in [0.1, 0.15) is 0 Å². The highest BCUT2D eigenvalue weighted by Crippen LogP contribution is 2.13. The Morgan fingerprint density at radius 1 is 1.44 bits per heavy atom. The van der Waals surface area contributed by atoms with Gasteiger partial charge >= 0.3 is 16.3 Å². The summed E-state index contributed by atoms with van der Waals surface area (Å²) in [6.07, 6.45) is -1.03. The van der Waals surface area contributed by atoms with Gasteiger partial charge in [0.2, 0.25) is 0 Å². The summed E-state index contributed by atoms with van der Waals surface area (Å²) in [6, 6.07) is 6.52. The van der Waals surface area contributed by atoms with E-state index in [1.807, 2.05) is 0 Å². The SMILES string of the molecule is CCOC(=O)NS(=O)(=O)Nc1cccc(CCl)c1. The van der Waals surface area contributed by atoms with E-state index in [1.54, 1.807) is 35.9 Å². The first-order valence-electron chi connectivity index (χ1n) is 5.09. The van der Waals surface area contributed by atoms with Gasteiger partial charge in [-0.3, -0.25) is 4.72 Å². The van der Waals surface area contributed by atoms with Crippen molar-refractivity contribution in [1.29, 1.82) is 0 Å². The van der Waals surface area contributed by atoms with Gasteiger partial charge in [-0.25, -0.2) is 9.52 Å². The fourth-order valence-corrected chi connectivity index (χ4v) is 2.10. The third-order valence-corrected chi connectivity index (χ3v) is 3.08. The topological polar surface area (TPSA) is 84.5 Å². The molecule has 0 aliphatic heterocycles. The third kappa shape index (κ3) is 4.80. The van der Waals surface area contributed by atoms with Crippen molar-refractivity contribution in [3.05, 3.63) is 29.8 Å². The minimum atomic E-state index is -4.00. The number of halogens is 1. The second-order valence-electron chi connectivity index (χ2n) is 3.26. The van der Waals surface area contributed by atoms with Crippen LogP contribution in [0.2, 0.25) is 0 Å². The molecule has 0 unspecified atom stereocenters. The molecule has 0 aromatic heterocycles. The van der Waals surface area contributed by atoms with Gasteiger partial charge < -0.3 is 4.74 Å². The summed E-state index contributed by atoms with van der Waals surface area (Å²) < 4.78 is 31.4. The molecule has 0 fully saturated rings. The van der Waals surface area contributed by atoms with Crippen LogP contribution in [-0.2, 0) is 20.8 Å². The fourth-order valence-electron chi connectivity index (χ4n) is 1.17. The van der Waals surface area contributed by atoms with E-state index in [4.69, 9.17) is 11.6 Å². The number of benzene rings is 1. The van der Waals surface area contributed by atoms with E-state index in [0.717, 1.165) is 5.56 Å². The molecule has 0 radical (unpaired) electrons. The van der Waals surface area contributed by atoms with Crippen LogP contribution in [0.1, 0.15) is 12.5 Å². The minimum Gasteiger partial charge on any atom is -0.449 e. The van der Waals surface area contributed by atoms with Crippen molar-refractivity contribution >= 4 is 33.6 Å². The van der Waals surface area contributed by atoms with Gasteiger partial charge in [-0.1, -0.05) is 12.1 Å². The predicted octanol–water partition coefficient (Wildman–Crippen LogP) is 1.83. The number of rotatable bonds is 5. The normalized spacial score (nSPS) is 10.8. The Bertz CT molecular complexity index is 518. The molecule has 1 rings (SSSR count). The number of anilines is 1. The van der Waals surface area contributed by atoms with Crippen LogP contribution >= 0.6 is 11.6 Å². The molecule has 0 atom stereocenters. The zero-order valence-electron chi connectivity index (χ0n) is 9.64. The van der Waals surface area contributed by atoms with Crippen LogP contribution in [0, 0.1) is 0 Å². The molecular formula is C10H13ClN2O4S. The Balaban J connectivity index is 2.73. The summed E-state index contributed by atoms with van der Waals surface area (Å²) in [5.74, 6) is 0.265. The van der Waals surface area contributed by atoms with Gasteiger partial charge in [0.25, 0.3) is 0 Å². The molecule has 18 heavy (non-hydrogen) atoms. The largest absolute Gasteiger partial charge is 0.449 e. The lowest BCUT2D eigenvalue weighted by Gasteiger charge is -2.09. The van der Waals surface area contributed by atoms with Crippen molar-refractivity contribution in [2.75, 3.05) is 11.3 Å². The van der Waals surface area contributed by atoms with Gasteiger partial charge in [-0.2, -0.15) is 8.42 Å². The Morgan fingerprint density at radius 2 is 2.17 bits per heavy atom. The van der Waals surface area contributed by atoms with E-state index in [0.29, 0.717) is 5.69 Å². The summed E-state index contributed by atoms with van der Waals surface area (Å²) in [4.78, 5) is 11.0. The maximum absolute atomic E-state index is 11.5. The summed E-state index contributed by atoms with van der Waals surface area (Å²) in [7, 11) is -4.00. The summed E-state index contributed by atoms with van der Waals surface area (Å²) in [5, 5.41) is 0. The Morgan fingerprint density at radius 3 is 2.78 bits per heavy atom. The Kier molecular flexibility index (Phi) is 5.24. The van der Waals surface area contributed by atoms with Gasteiger partial charge in [0.15, 0.2) is 0 Å². The smallest absolute Gasteiger partial charge is 0.422 e. The van der Waals surface area contributed by atoms with E-state index >= 15 is 0 Å². The van der Waals surface area contributed by atoms with Crippen molar-refractivity contribution in [2.45, 2.75) is 12.8 Å². The van der Waals surface area contributed by atoms with Crippen molar-refractivity contribution in [2.24, 2.45) is 0 Å². The van der Waals surface area contributed by atoms with E-state index in [-0.39, 0.29) is 12.5 Å². The number of nitrogens with one attached hydrogen (secondary N) is 2. The molecule has 6 nitrogen and oxygen atoms in total. The van der Waals surface area contributed by atoms with Crippen molar-refractivity contribution in [3.8, 4) is 0 Å². The predicted molar refractivity (Wildman–Crippen MR) is 68.7 cm³/mol. The van der Waals surface area contributed by atoms with Gasteiger partial charge in [0, 0.05) is 5.88 Å². The van der Waals surface area contributed by atoms with Crippen molar-refractivity contribution in [1.82, 2.24) is 4.72 Å². The molecule has 0 saturated heterocycles. The zero-order valence-corrected chi connectivity index (χ0v) is 11.2. The van der Waals surface area contributed by atoms with Crippen LogP contribution in [0.3, 0.4) is 0 Å². The van der Waals surface area contributed by atoms with Gasteiger partial charge in [0.05, 0.1) is 12.3 Å². The molecule has 0 spiro atoms. The highest BCUT2D eigenvalue weighted by atomic mass is 35.5. The zero-order chi connectivity index (χ0) is 13.6. The second kappa shape index (κ2) is 6.46. The first-order chi connectivity index (χ1) is 8.46. The maximum atomic E-state index is 11.5. The van der Waals surface area contributed by atoms with Crippen LogP contribution in [-0.4, -0.2) is 21.1 Å². The van der Waals surface area contributed by atoms with Crippen LogP contribution < -0.4 is 9.44 Å². The van der Waals surface area contributed by atoms with E-state index in [2.05, 4.69) is 9.46 Å². The Labute approximate surface area is 110 Å². The van der Waals surface area contributed by atoms with E-state index < -0.39 is 16.3 Å². The average molecular weight is 293 g/mol. The number of carbonyl (C=O) groups is 1. The number of carbonyl (C=O) groups excluding carboxylic acids is 1. The maximum Gasteiger partial charge on any atom is 0.422 e. The molecule has 0 aliphatic carbocycles. The van der Waals surface area contributed by atoms with Crippen LogP contribution in [0.5, 0.6) is 0 Å². The van der Waals surface area contributed by atoms with Crippen molar-refractivity contribution < 1.29 is 17.9 Å². The lowest BCUT2D eigenvalue weighted by Crippen LogP contribution is -2.35. The molecule has 0 heterocycles. The number of alkyl halides is 1. The molecule has 0 aliphatic rings. The lowest BCUT2D eigenvalue weighted by molar-refractivity contribution is 0.159. The first-order valence-corrected chi connectivity index (χ1v) is 7.11. The quantitative estimate of drug-likeness (QED) is 0.811. The Hall–Kier alpha value is -1.47. The fraction of sp³-hybridized carbons (Fsp3) is 0.300. The van der Waals surface area contributed by atoms with Crippen LogP contribution in [0.25, 0.3) is 0 Å². The second-order valence-corrected chi connectivity index (χ2v) is 4.94. The molecule has 8 heteroatoms. The number of amides is 1.